The summed E-state index contributed by atoms with van der Waals surface area (Å²) in [6, 6.07) is 4.44. The Balaban J connectivity index is 2.66. The van der Waals surface area contributed by atoms with Crippen LogP contribution in [0.4, 0.5) is 0 Å². The molecular formula is C15H23N3O3S2. The number of hydrogen-bond donors (Lipinski definition) is 3. The number of benzene rings is 1. The second-order valence-corrected chi connectivity index (χ2v) is 8.19. The van der Waals surface area contributed by atoms with Crippen molar-refractivity contribution in [3.63, 3.8) is 0 Å². The Labute approximate surface area is 142 Å². The molecule has 0 aliphatic rings. The van der Waals surface area contributed by atoms with E-state index >= 15 is 0 Å². The zero-order chi connectivity index (χ0) is 17.6. The van der Waals surface area contributed by atoms with Crippen LogP contribution in [0.15, 0.2) is 23.1 Å². The first-order valence-corrected chi connectivity index (χ1v) is 9.56. The quantitative estimate of drug-likeness (QED) is 0.547. The van der Waals surface area contributed by atoms with Crippen LogP contribution >= 0.6 is 12.2 Å². The largest absolute Gasteiger partial charge is 0.361 e. The van der Waals surface area contributed by atoms with Gasteiger partial charge in [0, 0.05) is 18.4 Å². The lowest BCUT2D eigenvalue weighted by Crippen LogP contribution is -2.47. The number of amides is 1. The number of hydrazine groups is 1. The Hall–Kier alpha value is -1.67. The van der Waals surface area contributed by atoms with Crippen molar-refractivity contribution in [3.8, 4) is 0 Å². The van der Waals surface area contributed by atoms with Crippen molar-refractivity contribution < 1.29 is 13.2 Å². The van der Waals surface area contributed by atoms with Crippen molar-refractivity contribution in [3.05, 3.63) is 29.3 Å². The smallest absolute Gasteiger partial charge is 0.269 e. The molecule has 0 saturated carbocycles. The molecule has 0 radical (unpaired) electrons. The van der Waals surface area contributed by atoms with Gasteiger partial charge >= 0.3 is 0 Å². The highest BCUT2D eigenvalue weighted by molar-refractivity contribution is 7.90. The van der Waals surface area contributed by atoms with Crippen LogP contribution in [0.25, 0.3) is 0 Å². The molecule has 0 aliphatic carbocycles. The van der Waals surface area contributed by atoms with Crippen LogP contribution in [-0.2, 0) is 9.84 Å². The first-order valence-electron chi connectivity index (χ1n) is 7.26. The van der Waals surface area contributed by atoms with Gasteiger partial charge in [0.05, 0.1) is 4.90 Å². The number of nitrogens with one attached hydrogen (secondary N) is 3. The van der Waals surface area contributed by atoms with Gasteiger partial charge in [-0.3, -0.25) is 15.6 Å². The van der Waals surface area contributed by atoms with Crippen LogP contribution in [-0.4, -0.2) is 32.2 Å². The molecule has 0 saturated heterocycles. The number of sulfone groups is 1. The van der Waals surface area contributed by atoms with E-state index in [1.54, 1.807) is 13.0 Å². The number of rotatable bonds is 5. The normalized spacial score (nSPS) is 11.2. The van der Waals surface area contributed by atoms with Crippen LogP contribution in [0.2, 0.25) is 0 Å². The fourth-order valence-electron chi connectivity index (χ4n) is 1.78. The maximum absolute atomic E-state index is 12.2. The van der Waals surface area contributed by atoms with Gasteiger partial charge in [-0.2, -0.15) is 0 Å². The summed E-state index contributed by atoms with van der Waals surface area (Å²) in [5, 5.41) is 3.30. The summed E-state index contributed by atoms with van der Waals surface area (Å²) in [7, 11) is -3.37. The molecule has 0 atom stereocenters. The third-order valence-electron chi connectivity index (χ3n) is 3.18. The highest BCUT2D eigenvalue weighted by Crippen LogP contribution is 2.15. The molecule has 8 heteroatoms. The molecule has 1 amide bonds. The number of carbonyl (C=O) groups excluding carboxylic acids is 1. The zero-order valence-electron chi connectivity index (χ0n) is 13.8. The molecule has 0 unspecified atom stereocenters. The minimum absolute atomic E-state index is 0.103. The van der Waals surface area contributed by atoms with Crippen molar-refractivity contribution in [1.29, 1.82) is 0 Å². The van der Waals surface area contributed by atoms with Crippen molar-refractivity contribution in [2.24, 2.45) is 5.92 Å². The van der Waals surface area contributed by atoms with Crippen LogP contribution in [0.5, 0.6) is 0 Å². The van der Waals surface area contributed by atoms with E-state index in [0.29, 0.717) is 23.1 Å². The highest BCUT2D eigenvalue weighted by Gasteiger charge is 2.14. The van der Waals surface area contributed by atoms with Gasteiger partial charge in [0.2, 0.25) is 0 Å². The van der Waals surface area contributed by atoms with E-state index in [1.165, 1.54) is 12.1 Å². The van der Waals surface area contributed by atoms with E-state index in [9.17, 15) is 13.2 Å². The van der Waals surface area contributed by atoms with E-state index in [1.807, 2.05) is 0 Å². The molecule has 6 nitrogen and oxygen atoms in total. The van der Waals surface area contributed by atoms with E-state index in [-0.39, 0.29) is 10.5 Å². The summed E-state index contributed by atoms with van der Waals surface area (Å²) in [6.07, 6.45) is 2.07. The Morgan fingerprint density at radius 3 is 2.48 bits per heavy atom. The van der Waals surface area contributed by atoms with Crippen LogP contribution < -0.4 is 16.2 Å². The maximum atomic E-state index is 12.2. The Morgan fingerprint density at radius 1 is 1.26 bits per heavy atom. The molecule has 0 fully saturated rings. The third kappa shape index (κ3) is 6.54. The molecule has 1 aromatic carbocycles. The predicted octanol–water partition coefficient (Wildman–Crippen LogP) is 1.55. The lowest BCUT2D eigenvalue weighted by Gasteiger charge is -2.13. The molecule has 0 spiro atoms. The molecule has 0 aliphatic heterocycles. The van der Waals surface area contributed by atoms with Gasteiger partial charge in [-0.05, 0) is 49.2 Å². The van der Waals surface area contributed by atoms with Gasteiger partial charge in [-0.15, -0.1) is 0 Å². The van der Waals surface area contributed by atoms with Crippen LogP contribution in [0.3, 0.4) is 0 Å². The van der Waals surface area contributed by atoms with Gasteiger partial charge in [0.1, 0.15) is 0 Å². The van der Waals surface area contributed by atoms with Crippen molar-refractivity contribution in [1.82, 2.24) is 16.2 Å². The van der Waals surface area contributed by atoms with E-state index in [4.69, 9.17) is 12.2 Å². The lowest BCUT2D eigenvalue weighted by molar-refractivity contribution is 0.0943. The van der Waals surface area contributed by atoms with Gasteiger partial charge in [-0.1, -0.05) is 19.9 Å². The van der Waals surface area contributed by atoms with E-state index in [2.05, 4.69) is 30.0 Å². The summed E-state index contributed by atoms with van der Waals surface area (Å²) in [5.41, 5.74) is 6.04. The summed E-state index contributed by atoms with van der Waals surface area (Å²) in [4.78, 5) is 12.3. The van der Waals surface area contributed by atoms with Crippen molar-refractivity contribution in [2.45, 2.75) is 32.1 Å². The summed E-state index contributed by atoms with van der Waals surface area (Å²) in [5.74, 6) is 0.113. The lowest BCUT2D eigenvalue weighted by atomic mass is 10.1. The minimum Gasteiger partial charge on any atom is -0.361 e. The van der Waals surface area contributed by atoms with Gasteiger partial charge in [-0.25, -0.2) is 8.42 Å². The second-order valence-electron chi connectivity index (χ2n) is 5.77. The molecule has 3 N–H and O–H groups in total. The highest BCUT2D eigenvalue weighted by atomic mass is 32.2. The average molecular weight is 358 g/mol. The average Bonchev–Trinajstić information content (AvgIpc) is 2.43. The molecule has 1 rings (SSSR count). The SMILES string of the molecule is Cc1ccc(S(C)(=O)=O)cc1C(=O)NNC(=S)NCCC(C)C. The Morgan fingerprint density at radius 2 is 1.91 bits per heavy atom. The monoisotopic (exact) mass is 357 g/mol. The van der Waals surface area contributed by atoms with Gasteiger partial charge in [0.25, 0.3) is 5.91 Å². The first-order chi connectivity index (χ1) is 10.6. The molecule has 0 aromatic heterocycles. The number of carbonyl (C=O) groups is 1. The molecule has 128 valence electrons. The van der Waals surface area contributed by atoms with Crippen molar-refractivity contribution >= 4 is 33.1 Å². The molecule has 23 heavy (non-hydrogen) atoms. The van der Waals surface area contributed by atoms with Crippen LogP contribution in [0.1, 0.15) is 36.2 Å². The van der Waals surface area contributed by atoms with Crippen LogP contribution in [0, 0.1) is 12.8 Å². The predicted molar refractivity (Wildman–Crippen MR) is 94.9 cm³/mol. The molecular weight excluding hydrogens is 334 g/mol. The summed E-state index contributed by atoms with van der Waals surface area (Å²) >= 11 is 5.06. The summed E-state index contributed by atoms with van der Waals surface area (Å²) in [6.45, 7) is 6.66. The number of thiocarbonyl (C=S) groups is 1. The number of hydrogen-bond acceptors (Lipinski definition) is 4. The molecule has 0 heterocycles. The summed E-state index contributed by atoms with van der Waals surface area (Å²) < 4.78 is 23.2. The van der Waals surface area contributed by atoms with Gasteiger partial charge in [0.15, 0.2) is 14.9 Å². The fraction of sp³-hybridized carbons (Fsp3) is 0.467. The Kier molecular flexibility index (Phi) is 6.96. The van der Waals surface area contributed by atoms with E-state index in [0.717, 1.165) is 12.7 Å². The minimum atomic E-state index is -3.37. The first kappa shape index (κ1) is 19.4. The second kappa shape index (κ2) is 8.26. The third-order valence-corrected chi connectivity index (χ3v) is 4.54. The number of aryl methyl sites for hydroxylation is 1. The van der Waals surface area contributed by atoms with Crippen molar-refractivity contribution in [2.75, 3.05) is 12.8 Å². The van der Waals surface area contributed by atoms with Gasteiger partial charge < -0.3 is 5.32 Å². The maximum Gasteiger partial charge on any atom is 0.269 e. The topological polar surface area (TPSA) is 87.3 Å². The standard InChI is InChI=1S/C15H23N3O3S2/c1-10(2)7-8-16-15(22)18-17-14(19)13-9-12(23(4,20)21)6-5-11(13)3/h5-6,9-10H,7-8H2,1-4H3,(H,17,19)(H2,16,18,22). The molecule has 0 bridgehead atoms. The zero-order valence-corrected chi connectivity index (χ0v) is 15.4. The van der Waals surface area contributed by atoms with E-state index < -0.39 is 15.7 Å². The fourth-order valence-corrected chi connectivity index (χ4v) is 2.58. The Bertz CT molecular complexity index is 685. The molecule has 1 aromatic rings.